The maximum absolute atomic E-state index is 13.0. The summed E-state index contributed by atoms with van der Waals surface area (Å²) in [6.45, 7) is 3.61. The highest BCUT2D eigenvalue weighted by atomic mass is 32.2. The topological polar surface area (TPSA) is 53.2 Å². The van der Waals surface area contributed by atoms with E-state index in [2.05, 4.69) is 22.9 Å². The zero-order valence-corrected chi connectivity index (χ0v) is 18.0. The first-order valence-corrected chi connectivity index (χ1v) is 12.3. The van der Waals surface area contributed by atoms with Gasteiger partial charge in [0.05, 0.1) is 5.25 Å². The van der Waals surface area contributed by atoms with Gasteiger partial charge in [0, 0.05) is 12.1 Å². The van der Waals surface area contributed by atoms with Crippen LogP contribution in [0.5, 0.6) is 0 Å². The molecule has 4 fully saturated rings. The van der Waals surface area contributed by atoms with Crippen LogP contribution in [0.2, 0.25) is 0 Å². The number of carbonyl (C=O) groups is 1. The molecule has 8 atom stereocenters. The molecule has 4 rings (SSSR count). The minimum Gasteiger partial charge on any atom is -0.352 e. The maximum Gasteiger partial charge on any atom is 0.403 e. The highest BCUT2D eigenvalue weighted by Gasteiger charge is 2.47. The molecule has 8 unspecified atom stereocenters. The van der Waals surface area contributed by atoms with Gasteiger partial charge in [-0.05, 0) is 81.0 Å². The molecule has 0 aromatic heterocycles. The van der Waals surface area contributed by atoms with Gasteiger partial charge in [0.2, 0.25) is 5.91 Å². The molecular weight excluding hydrogens is 399 g/mol. The number of piperidine rings is 2. The van der Waals surface area contributed by atoms with Crippen molar-refractivity contribution >= 4 is 17.7 Å². The third-order valence-electron chi connectivity index (χ3n) is 7.81. The number of fused-ring (bicyclic) bond motifs is 1. The molecule has 0 radical (unpaired) electrons. The van der Waals surface area contributed by atoms with Gasteiger partial charge in [-0.1, -0.05) is 13.3 Å². The maximum atomic E-state index is 13.0. The lowest BCUT2D eigenvalue weighted by Gasteiger charge is -2.45. The first kappa shape index (κ1) is 21.8. The van der Waals surface area contributed by atoms with E-state index in [-0.39, 0.29) is 29.5 Å². The zero-order chi connectivity index (χ0) is 20.6. The number of alkyl halides is 3. The number of amides is 1. The Kier molecular flexibility index (Phi) is 6.71. The molecular formula is C21H34F3N3OS. The minimum atomic E-state index is -4.25. The highest BCUT2D eigenvalue weighted by Crippen LogP contribution is 2.49. The molecule has 3 saturated heterocycles. The summed E-state index contributed by atoms with van der Waals surface area (Å²) in [7, 11) is 0. The average Bonchev–Trinajstić information content (AvgIpc) is 3.08. The molecule has 0 bridgehead atoms. The predicted molar refractivity (Wildman–Crippen MR) is 110 cm³/mol. The van der Waals surface area contributed by atoms with Crippen LogP contribution >= 0.6 is 11.8 Å². The van der Waals surface area contributed by atoms with E-state index in [0.29, 0.717) is 30.8 Å². The minimum absolute atomic E-state index is 0.0491. The standard InChI is InChI=1S/C21H34F3N3OS/c1-12-16(14-4-2-6-17-15(14)5-3-8-25-17)11-29-19(12)20(28)27-13-7-9-26-18(10-13)21(22,23)24/h12-19,25-26H,2-11H2,1H3,(H,27,28). The van der Waals surface area contributed by atoms with E-state index < -0.39 is 12.2 Å². The van der Waals surface area contributed by atoms with Crippen molar-refractivity contribution in [1.29, 1.82) is 0 Å². The summed E-state index contributed by atoms with van der Waals surface area (Å²) in [5, 5.41) is 9.07. The van der Waals surface area contributed by atoms with Crippen molar-refractivity contribution in [3.8, 4) is 0 Å². The van der Waals surface area contributed by atoms with Gasteiger partial charge in [0.25, 0.3) is 0 Å². The SMILES string of the molecule is CC1C(C(=O)NC2CCNC(C(F)(F)F)C2)SCC1C1CCCC2NCCCC21. The number of nitrogens with one attached hydrogen (secondary N) is 3. The van der Waals surface area contributed by atoms with Gasteiger partial charge in [-0.2, -0.15) is 13.2 Å². The van der Waals surface area contributed by atoms with Crippen LogP contribution in [0, 0.1) is 23.7 Å². The van der Waals surface area contributed by atoms with Crippen LogP contribution in [0.3, 0.4) is 0 Å². The molecule has 8 heteroatoms. The van der Waals surface area contributed by atoms with Gasteiger partial charge in [-0.3, -0.25) is 4.79 Å². The van der Waals surface area contributed by atoms with Crippen LogP contribution in [-0.2, 0) is 4.79 Å². The number of hydrogen-bond donors (Lipinski definition) is 3. The van der Waals surface area contributed by atoms with Crippen LogP contribution in [0.15, 0.2) is 0 Å². The number of rotatable bonds is 3. The lowest BCUT2D eigenvalue weighted by atomic mass is 9.64. The van der Waals surface area contributed by atoms with Gasteiger partial charge >= 0.3 is 6.18 Å². The van der Waals surface area contributed by atoms with Crippen molar-refractivity contribution in [3.63, 3.8) is 0 Å². The Labute approximate surface area is 175 Å². The van der Waals surface area contributed by atoms with Crippen molar-refractivity contribution in [2.75, 3.05) is 18.8 Å². The molecule has 1 saturated carbocycles. The van der Waals surface area contributed by atoms with Crippen LogP contribution in [0.1, 0.15) is 51.9 Å². The largest absolute Gasteiger partial charge is 0.403 e. The Morgan fingerprint density at radius 2 is 1.79 bits per heavy atom. The van der Waals surface area contributed by atoms with Crippen LogP contribution < -0.4 is 16.0 Å². The molecule has 3 N–H and O–H groups in total. The summed E-state index contributed by atoms with van der Waals surface area (Å²) in [5.74, 6) is 3.18. The van der Waals surface area contributed by atoms with Gasteiger partial charge in [-0.15, -0.1) is 11.8 Å². The van der Waals surface area contributed by atoms with Crippen molar-refractivity contribution < 1.29 is 18.0 Å². The van der Waals surface area contributed by atoms with Gasteiger partial charge < -0.3 is 16.0 Å². The quantitative estimate of drug-likeness (QED) is 0.639. The van der Waals surface area contributed by atoms with Crippen molar-refractivity contribution in [3.05, 3.63) is 0 Å². The monoisotopic (exact) mass is 433 g/mol. The number of carbonyl (C=O) groups excluding carboxylic acids is 1. The van der Waals surface area contributed by atoms with Crippen LogP contribution in [0.4, 0.5) is 13.2 Å². The molecule has 29 heavy (non-hydrogen) atoms. The van der Waals surface area contributed by atoms with Gasteiger partial charge in [0.1, 0.15) is 6.04 Å². The van der Waals surface area contributed by atoms with E-state index in [1.165, 1.54) is 32.1 Å². The number of thioether (sulfide) groups is 1. The molecule has 1 aliphatic carbocycles. The van der Waals surface area contributed by atoms with Crippen molar-refractivity contribution in [1.82, 2.24) is 16.0 Å². The molecule has 3 aliphatic heterocycles. The molecule has 0 spiro atoms. The van der Waals surface area contributed by atoms with Gasteiger partial charge in [0.15, 0.2) is 0 Å². The first-order chi connectivity index (χ1) is 13.8. The third-order valence-corrected chi connectivity index (χ3v) is 9.39. The summed E-state index contributed by atoms with van der Waals surface area (Å²) >= 11 is 1.72. The van der Waals surface area contributed by atoms with Crippen molar-refractivity contribution in [2.45, 2.75) is 81.4 Å². The molecule has 4 aliphatic rings. The second-order valence-electron chi connectivity index (χ2n) is 9.52. The Balaban J connectivity index is 1.34. The van der Waals surface area contributed by atoms with Gasteiger partial charge in [-0.25, -0.2) is 0 Å². The highest BCUT2D eigenvalue weighted by molar-refractivity contribution is 8.00. The van der Waals surface area contributed by atoms with Crippen LogP contribution in [0.25, 0.3) is 0 Å². The summed E-state index contributed by atoms with van der Waals surface area (Å²) in [6.07, 6.45) is 2.57. The predicted octanol–water partition coefficient (Wildman–Crippen LogP) is 3.32. The average molecular weight is 434 g/mol. The Morgan fingerprint density at radius 3 is 2.59 bits per heavy atom. The zero-order valence-electron chi connectivity index (χ0n) is 17.1. The Bertz CT molecular complexity index is 588. The number of halogens is 3. The van der Waals surface area contributed by atoms with Crippen molar-refractivity contribution in [2.24, 2.45) is 23.7 Å². The summed E-state index contributed by atoms with van der Waals surface area (Å²) < 4.78 is 39.1. The van der Waals surface area contributed by atoms with E-state index >= 15 is 0 Å². The fourth-order valence-electron chi connectivity index (χ4n) is 6.28. The Morgan fingerprint density at radius 1 is 1.00 bits per heavy atom. The normalized spacial score (nSPS) is 43.6. The summed E-state index contributed by atoms with van der Waals surface area (Å²) in [5.41, 5.74) is 0. The third kappa shape index (κ3) is 4.74. The molecule has 3 heterocycles. The van der Waals surface area contributed by atoms with Crippen LogP contribution in [-0.4, -0.2) is 54.3 Å². The summed E-state index contributed by atoms with van der Waals surface area (Å²) in [6, 6.07) is -1.26. The van der Waals surface area contributed by atoms with E-state index in [0.717, 1.165) is 18.2 Å². The molecule has 166 valence electrons. The molecule has 1 amide bonds. The fourth-order valence-corrected chi connectivity index (χ4v) is 7.98. The first-order valence-electron chi connectivity index (χ1n) is 11.3. The second kappa shape index (κ2) is 8.95. The van der Waals surface area contributed by atoms with E-state index in [1.54, 1.807) is 11.8 Å². The fraction of sp³-hybridized carbons (Fsp3) is 0.952. The van der Waals surface area contributed by atoms with E-state index in [9.17, 15) is 18.0 Å². The van der Waals surface area contributed by atoms with E-state index in [1.807, 2.05) is 0 Å². The Hall–Kier alpha value is -0.470. The second-order valence-corrected chi connectivity index (χ2v) is 10.7. The lowest BCUT2D eigenvalue weighted by Crippen LogP contribution is -2.54. The summed E-state index contributed by atoms with van der Waals surface area (Å²) in [4.78, 5) is 12.9. The van der Waals surface area contributed by atoms with E-state index in [4.69, 9.17) is 0 Å². The number of hydrogen-bond acceptors (Lipinski definition) is 4. The lowest BCUT2D eigenvalue weighted by molar-refractivity contribution is -0.162. The smallest absolute Gasteiger partial charge is 0.352 e. The molecule has 4 nitrogen and oxygen atoms in total. The molecule has 0 aromatic carbocycles. The molecule has 0 aromatic rings.